The molecule has 3 heteroatoms. The van der Waals surface area contributed by atoms with Crippen molar-refractivity contribution in [1.82, 2.24) is 5.48 Å². The van der Waals surface area contributed by atoms with E-state index in [1.165, 1.54) is 25.7 Å². The summed E-state index contributed by atoms with van der Waals surface area (Å²) in [6, 6.07) is 0.476. The van der Waals surface area contributed by atoms with Crippen molar-refractivity contribution >= 4 is 0 Å². The van der Waals surface area contributed by atoms with Crippen LogP contribution in [0.4, 0.5) is 0 Å². The summed E-state index contributed by atoms with van der Waals surface area (Å²) in [7, 11) is 0. The lowest BCUT2D eigenvalue weighted by molar-refractivity contribution is -0.0975. The molecule has 2 aliphatic rings. The van der Waals surface area contributed by atoms with Crippen LogP contribution in [0, 0.1) is 0 Å². The molecule has 0 aromatic carbocycles. The SMILES string of the molecule is CC1CC(NOC2CCCC2)CC(C)O1. The highest BCUT2D eigenvalue weighted by Crippen LogP contribution is 2.22. The fourth-order valence-electron chi connectivity index (χ4n) is 2.70. The third-order valence-electron chi connectivity index (χ3n) is 3.40. The van der Waals surface area contributed by atoms with E-state index < -0.39 is 0 Å². The van der Waals surface area contributed by atoms with Gasteiger partial charge >= 0.3 is 0 Å². The van der Waals surface area contributed by atoms with Crippen LogP contribution < -0.4 is 5.48 Å². The largest absolute Gasteiger partial charge is 0.375 e. The quantitative estimate of drug-likeness (QED) is 0.730. The second-order valence-electron chi connectivity index (χ2n) is 5.07. The van der Waals surface area contributed by atoms with E-state index in [9.17, 15) is 0 Å². The molecule has 0 amide bonds. The first-order valence-electron chi connectivity index (χ1n) is 6.30. The van der Waals surface area contributed by atoms with E-state index in [0.29, 0.717) is 24.4 Å². The van der Waals surface area contributed by atoms with Crippen LogP contribution in [0.5, 0.6) is 0 Å². The molecule has 0 radical (unpaired) electrons. The first-order valence-corrected chi connectivity index (χ1v) is 6.30. The van der Waals surface area contributed by atoms with Gasteiger partial charge in [-0.15, -0.1) is 0 Å². The van der Waals surface area contributed by atoms with Crippen LogP contribution in [0.3, 0.4) is 0 Å². The molecule has 2 atom stereocenters. The molecule has 1 saturated carbocycles. The van der Waals surface area contributed by atoms with Gasteiger partial charge in [-0.05, 0) is 39.5 Å². The zero-order valence-electron chi connectivity index (χ0n) is 9.87. The first-order chi connectivity index (χ1) is 7.24. The molecule has 2 rings (SSSR count). The monoisotopic (exact) mass is 213 g/mol. The Morgan fingerprint density at radius 3 is 2.27 bits per heavy atom. The lowest BCUT2D eigenvalue weighted by Crippen LogP contribution is -2.42. The normalized spacial score (nSPS) is 38.4. The molecular weight excluding hydrogens is 190 g/mol. The molecule has 0 aromatic heterocycles. The highest BCUT2D eigenvalue weighted by molar-refractivity contribution is 4.76. The number of ether oxygens (including phenoxy) is 1. The molecule has 1 heterocycles. The van der Waals surface area contributed by atoms with Crippen LogP contribution in [0.1, 0.15) is 52.4 Å². The van der Waals surface area contributed by atoms with Crippen LogP contribution in [0.25, 0.3) is 0 Å². The summed E-state index contributed by atoms with van der Waals surface area (Å²) >= 11 is 0. The van der Waals surface area contributed by atoms with Gasteiger partial charge < -0.3 is 4.74 Å². The van der Waals surface area contributed by atoms with Crippen molar-refractivity contribution in [3.05, 3.63) is 0 Å². The summed E-state index contributed by atoms with van der Waals surface area (Å²) in [5.74, 6) is 0. The average molecular weight is 213 g/mol. The van der Waals surface area contributed by atoms with Gasteiger partial charge in [-0.1, -0.05) is 12.8 Å². The van der Waals surface area contributed by atoms with Crippen LogP contribution in [0.15, 0.2) is 0 Å². The van der Waals surface area contributed by atoms with E-state index in [2.05, 4.69) is 19.3 Å². The predicted octanol–water partition coefficient (Wildman–Crippen LogP) is 2.41. The third-order valence-corrected chi connectivity index (χ3v) is 3.40. The molecule has 88 valence electrons. The maximum atomic E-state index is 5.73. The van der Waals surface area contributed by atoms with Gasteiger partial charge in [0.05, 0.1) is 18.3 Å². The molecule has 2 unspecified atom stereocenters. The molecule has 1 aliphatic heterocycles. The van der Waals surface area contributed by atoms with Crippen LogP contribution in [0.2, 0.25) is 0 Å². The molecule has 0 bridgehead atoms. The minimum atomic E-state index is 0.360. The van der Waals surface area contributed by atoms with Gasteiger partial charge in [0.1, 0.15) is 0 Å². The summed E-state index contributed by atoms with van der Waals surface area (Å²) in [5, 5.41) is 0. The van der Waals surface area contributed by atoms with E-state index in [-0.39, 0.29) is 0 Å². The molecular formula is C12H23NO2. The highest BCUT2D eigenvalue weighted by atomic mass is 16.7. The van der Waals surface area contributed by atoms with Gasteiger partial charge in [0.25, 0.3) is 0 Å². The molecule has 0 spiro atoms. The van der Waals surface area contributed by atoms with Crippen LogP contribution in [-0.2, 0) is 9.57 Å². The molecule has 2 fully saturated rings. The summed E-state index contributed by atoms with van der Waals surface area (Å²) in [5.41, 5.74) is 3.24. The summed E-state index contributed by atoms with van der Waals surface area (Å²) in [6.45, 7) is 4.28. The second-order valence-corrected chi connectivity index (χ2v) is 5.07. The van der Waals surface area contributed by atoms with E-state index in [1.807, 2.05) is 0 Å². The van der Waals surface area contributed by atoms with E-state index in [0.717, 1.165) is 12.8 Å². The zero-order valence-corrected chi connectivity index (χ0v) is 9.87. The zero-order chi connectivity index (χ0) is 10.7. The van der Waals surface area contributed by atoms with Crippen LogP contribution in [-0.4, -0.2) is 24.4 Å². The van der Waals surface area contributed by atoms with Crippen molar-refractivity contribution in [2.24, 2.45) is 0 Å². The molecule has 1 aliphatic carbocycles. The Morgan fingerprint density at radius 1 is 1.07 bits per heavy atom. The van der Waals surface area contributed by atoms with E-state index >= 15 is 0 Å². The number of rotatable bonds is 3. The number of hydrogen-bond donors (Lipinski definition) is 1. The molecule has 3 nitrogen and oxygen atoms in total. The summed E-state index contributed by atoms with van der Waals surface area (Å²) in [4.78, 5) is 5.73. The Labute approximate surface area is 92.5 Å². The van der Waals surface area contributed by atoms with Crippen LogP contribution >= 0.6 is 0 Å². The Hall–Kier alpha value is -0.120. The van der Waals surface area contributed by atoms with Gasteiger partial charge in [0.15, 0.2) is 0 Å². The van der Waals surface area contributed by atoms with Gasteiger partial charge in [-0.3, -0.25) is 4.84 Å². The second kappa shape index (κ2) is 5.28. The number of nitrogens with one attached hydrogen (secondary N) is 1. The van der Waals surface area contributed by atoms with Crippen molar-refractivity contribution < 1.29 is 9.57 Å². The van der Waals surface area contributed by atoms with Crippen molar-refractivity contribution in [2.75, 3.05) is 0 Å². The Bertz CT molecular complexity index is 182. The highest BCUT2D eigenvalue weighted by Gasteiger charge is 2.25. The average Bonchev–Trinajstić information content (AvgIpc) is 2.65. The maximum absolute atomic E-state index is 5.73. The number of hydrogen-bond acceptors (Lipinski definition) is 3. The smallest absolute Gasteiger partial charge is 0.0790 e. The lowest BCUT2D eigenvalue weighted by Gasteiger charge is -2.32. The van der Waals surface area contributed by atoms with Gasteiger partial charge in [-0.25, -0.2) is 0 Å². The van der Waals surface area contributed by atoms with Gasteiger partial charge in [0, 0.05) is 6.04 Å². The minimum Gasteiger partial charge on any atom is -0.375 e. The lowest BCUT2D eigenvalue weighted by atomic mass is 10.0. The van der Waals surface area contributed by atoms with Crippen molar-refractivity contribution in [2.45, 2.75) is 76.7 Å². The fourth-order valence-corrected chi connectivity index (χ4v) is 2.70. The summed E-state index contributed by atoms with van der Waals surface area (Å²) in [6.07, 6.45) is 8.41. The van der Waals surface area contributed by atoms with Gasteiger partial charge in [0.2, 0.25) is 0 Å². The maximum Gasteiger partial charge on any atom is 0.0790 e. The fraction of sp³-hybridized carbons (Fsp3) is 1.00. The molecule has 1 N–H and O–H groups in total. The van der Waals surface area contributed by atoms with Gasteiger partial charge in [-0.2, -0.15) is 5.48 Å². The molecule has 15 heavy (non-hydrogen) atoms. The predicted molar refractivity (Wildman–Crippen MR) is 59.5 cm³/mol. The minimum absolute atomic E-state index is 0.360. The van der Waals surface area contributed by atoms with Crippen molar-refractivity contribution in [3.63, 3.8) is 0 Å². The van der Waals surface area contributed by atoms with E-state index in [4.69, 9.17) is 9.57 Å². The topological polar surface area (TPSA) is 30.5 Å². The molecule has 0 aromatic rings. The third kappa shape index (κ3) is 3.44. The number of hydroxylamine groups is 1. The van der Waals surface area contributed by atoms with Crippen molar-refractivity contribution in [3.8, 4) is 0 Å². The Kier molecular flexibility index (Phi) is 4.00. The Balaban J connectivity index is 1.69. The van der Waals surface area contributed by atoms with Crippen molar-refractivity contribution in [1.29, 1.82) is 0 Å². The Morgan fingerprint density at radius 2 is 1.67 bits per heavy atom. The summed E-state index contributed by atoms with van der Waals surface area (Å²) < 4.78 is 5.69. The molecule has 1 saturated heterocycles. The standard InChI is InChI=1S/C12H23NO2/c1-9-7-11(8-10(2)14-9)13-15-12-5-3-4-6-12/h9-13H,3-8H2,1-2H3. The first kappa shape index (κ1) is 11.4. The van der Waals surface area contributed by atoms with E-state index in [1.54, 1.807) is 0 Å².